The van der Waals surface area contributed by atoms with Crippen LogP contribution in [-0.2, 0) is 14.6 Å². The fourth-order valence-corrected chi connectivity index (χ4v) is 6.08. The number of aromatic nitrogens is 3. The number of para-hydroxylation sites is 1. The van der Waals surface area contributed by atoms with Gasteiger partial charge in [0.2, 0.25) is 5.91 Å². The van der Waals surface area contributed by atoms with E-state index in [1.165, 1.54) is 11.8 Å². The van der Waals surface area contributed by atoms with Crippen molar-refractivity contribution in [2.45, 2.75) is 17.6 Å². The van der Waals surface area contributed by atoms with Crippen LogP contribution in [0.25, 0.3) is 17.1 Å². The van der Waals surface area contributed by atoms with E-state index in [1.807, 2.05) is 53.1 Å². The van der Waals surface area contributed by atoms with Gasteiger partial charge in [0.25, 0.3) is 0 Å². The first-order valence-electron chi connectivity index (χ1n) is 10.3. The van der Waals surface area contributed by atoms with Crippen LogP contribution in [-0.4, -0.2) is 66.6 Å². The molecule has 1 fully saturated rings. The molecular formula is C22H24N4O5S2. The molecule has 2 aromatic carbocycles. The molecule has 11 heteroatoms. The molecule has 3 aromatic rings. The first-order chi connectivity index (χ1) is 15.9. The number of methoxy groups -OCH3 is 2. The molecule has 1 aliphatic heterocycles. The predicted octanol–water partition coefficient (Wildman–Crippen LogP) is 2.35. The zero-order chi connectivity index (χ0) is 23.4. The van der Waals surface area contributed by atoms with E-state index in [2.05, 4.69) is 15.5 Å². The number of nitrogens with one attached hydrogen (secondary N) is 1. The molecule has 0 radical (unpaired) electrons. The van der Waals surface area contributed by atoms with E-state index in [0.717, 1.165) is 11.3 Å². The lowest BCUT2D eigenvalue weighted by molar-refractivity contribution is -0.119. The summed E-state index contributed by atoms with van der Waals surface area (Å²) in [6, 6.07) is 14.6. The summed E-state index contributed by atoms with van der Waals surface area (Å²) >= 11 is 1.23. The molecule has 0 aliphatic carbocycles. The number of carbonyl (C=O) groups excluding carboxylic acids is 1. The van der Waals surface area contributed by atoms with Gasteiger partial charge < -0.3 is 14.8 Å². The molecule has 1 aromatic heterocycles. The van der Waals surface area contributed by atoms with Crippen molar-refractivity contribution in [2.24, 2.45) is 0 Å². The monoisotopic (exact) mass is 488 g/mol. The van der Waals surface area contributed by atoms with Crippen LogP contribution >= 0.6 is 11.8 Å². The Morgan fingerprint density at radius 3 is 2.55 bits per heavy atom. The molecule has 1 aliphatic rings. The van der Waals surface area contributed by atoms with Gasteiger partial charge >= 0.3 is 0 Å². The van der Waals surface area contributed by atoms with Gasteiger partial charge in [0.15, 0.2) is 20.8 Å². The number of benzene rings is 2. The van der Waals surface area contributed by atoms with Crippen LogP contribution in [0.1, 0.15) is 6.42 Å². The Bertz CT molecular complexity index is 1240. The Hall–Kier alpha value is -3.05. The lowest BCUT2D eigenvalue weighted by Crippen LogP contribution is -2.36. The molecule has 2 heterocycles. The Morgan fingerprint density at radius 2 is 1.88 bits per heavy atom. The minimum absolute atomic E-state index is 0.0105. The van der Waals surface area contributed by atoms with E-state index in [-0.39, 0.29) is 29.2 Å². The Morgan fingerprint density at radius 1 is 1.12 bits per heavy atom. The average Bonchev–Trinajstić information content (AvgIpc) is 3.40. The number of carbonyl (C=O) groups is 1. The van der Waals surface area contributed by atoms with Crippen molar-refractivity contribution in [3.05, 3.63) is 48.5 Å². The molecule has 1 N–H and O–H groups in total. The van der Waals surface area contributed by atoms with E-state index in [0.29, 0.717) is 28.9 Å². The van der Waals surface area contributed by atoms with Gasteiger partial charge in [0.05, 0.1) is 42.7 Å². The summed E-state index contributed by atoms with van der Waals surface area (Å²) in [6.45, 7) is 0. The van der Waals surface area contributed by atoms with Crippen molar-refractivity contribution in [2.75, 3.05) is 31.5 Å². The van der Waals surface area contributed by atoms with Gasteiger partial charge in [0, 0.05) is 6.04 Å². The molecule has 1 amide bonds. The lowest BCUT2D eigenvalue weighted by atomic mass is 10.2. The van der Waals surface area contributed by atoms with Crippen LogP contribution in [0.15, 0.2) is 53.7 Å². The van der Waals surface area contributed by atoms with Gasteiger partial charge in [-0.3, -0.25) is 9.36 Å². The summed E-state index contributed by atoms with van der Waals surface area (Å²) in [4.78, 5) is 12.5. The summed E-state index contributed by atoms with van der Waals surface area (Å²) in [5.74, 6) is 1.87. The van der Waals surface area contributed by atoms with Crippen molar-refractivity contribution >= 4 is 27.5 Å². The van der Waals surface area contributed by atoms with Gasteiger partial charge in [-0.2, -0.15) is 0 Å². The van der Waals surface area contributed by atoms with Crippen molar-refractivity contribution in [3.63, 3.8) is 0 Å². The minimum atomic E-state index is -3.06. The number of thioether (sulfide) groups is 1. The zero-order valence-electron chi connectivity index (χ0n) is 18.2. The topological polar surface area (TPSA) is 112 Å². The fourth-order valence-electron chi connectivity index (χ4n) is 3.64. The van der Waals surface area contributed by atoms with Crippen LogP contribution in [0, 0.1) is 0 Å². The fraction of sp³-hybridized carbons (Fsp3) is 0.318. The minimum Gasteiger partial charge on any atom is -0.497 e. The number of hydrogen-bond donors (Lipinski definition) is 1. The average molecular weight is 489 g/mol. The molecule has 9 nitrogen and oxygen atoms in total. The lowest BCUT2D eigenvalue weighted by Gasteiger charge is -2.13. The number of amides is 1. The van der Waals surface area contributed by atoms with Gasteiger partial charge in [-0.15, -0.1) is 10.2 Å². The molecule has 0 bridgehead atoms. The van der Waals surface area contributed by atoms with Crippen LogP contribution < -0.4 is 14.8 Å². The maximum atomic E-state index is 12.5. The van der Waals surface area contributed by atoms with E-state index in [9.17, 15) is 13.2 Å². The number of sulfone groups is 1. The number of nitrogens with zero attached hydrogens (tertiary/aromatic N) is 3. The van der Waals surface area contributed by atoms with Crippen LogP contribution in [0.3, 0.4) is 0 Å². The summed E-state index contributed by atoms with van der Waals surface area (Å²) in [7, 11) is 0.133. The highest BCUT2D eigenvalue weighted by Gasteiger charge is 2.29. The third-order valence-corrected chi connectivity index (χ3v) is 7.94. The summed E-state index contributed by atoms with van der Waals surface area (Å²) in [5.41, 5.74) is 1.56. The molecule has 0 saturated carbocycles. The van der Waals surface area contributed by atoms with E-state index in [1.54, 1.807) is 14.2 Å². The second-order valence-corrected chi connectivity index (χ2v) is 10.7. The largest absolute Gasteiger partial charge is 0.497 e. The van der Waals surface area contributed by atoms with Crippen molar-refractivity contribution in [1.29, 1.82) is 0 Å². The maximum Gasteiger partial charge on any atom is 0.230 e. The third kappa shape index (κ3) is 5.31. The summed E-state index contributed by atoms with van der Waals surface area (Å²) in [5, 5.41) is 12.0. The Labute approximate surface area is 196 Å². The van der Waals surface area contributed by atoms with Gasteiger partial charge in [-0.25, -0.2) is 8.42 Å². The maximum absolute atomic E-state index is 12.5. The van der Waals surface area contributed by atoms with Crippen LogP contribution in [0.4, 0.5) is 0 Å². The Kier molecular flexibility index (Phi) is 6.89. The van der Waals surface area contributed by atoms with Gasteiger partial charge in [-0.05, 0) is 42.8 Å². The highest BCUT2D eigenvalue weighted by molar-refractivity contribution is 7.99. The molecule has 0 unspecified atom stereocenters. The Balaban J connectivity index is 1.61. The quantitative estimate of drug-likeness (QED) is 0.481. The van der Waals surface area contributed by atoms with Gasteiger partial charge in [-0.1, -0.05) is 23.9 Å². The number of rotatable bonds is 8. The highest BCUT2D eigenvalue weighted by atomic mass is 32.2. The second kappa shape index (κ2) is 9.84. The molecule has 1 atom stereocenters. The molecular weight excluding hydrogens is 464 g/mol. The van der Waals surface area contributed by atoms with Crippen LogP contribution in [0.5, 0.6) is 11.5 Å². The second-order valence-electron chi connectivity index (χ2n) is 7.50. The standard InChI is InChI=1S/C22H24N4O5S2/c1-30-17-9-7-16(8-10-17)26-21(18-5-3-4-6-19(18)31-2)24-25-22(26)32-13-20(27)23-15-11-12-33(28,29)14-15/h3-10,15H,11-14H2,1-2H3,(H,23,27)/t15-/m0/s1. The SMILES string of the molecule is COc1ccc(-n2c(SCC(=O)N[C@H]3CCS(=O)(=O)C3)nnc2-c2ccccc2OC)cc1. The zero-order valence-corrected chi connectivity index (χ0v) is 19.9. The number of hydrogen-bond acceptors (Lipinski definition) is 8. The smallest absolute Gasteiger partial charge is 0.230 e. The third-order valence-electron chi connectivity index (χ3n) is 5.24. The van der Waals surface area contributed by atoms with Crippen molar-refractivity contribution < 1.29 is 22.7 Å². The molecule has 174 valence electrons. The molecule has 4 rings (SSSR count). The summed E-state index contributed by atoms with van der Waals surface area (Å²) < 4.78 is 35.9. The summed E-state index contributed by atoms with van der Waals surface area (Å²) in [6.07, 6.45) is 0.443. The van der Waals surface area contributed by atoms with E-state index >= 15 is 0 Å². The van der Waals surface area contributed by atoms with Crippen LogP contribution in [0.2, 0.25) is 0 Å². The van der Waals surface area contributed by atoms with Crippen molar-refractivity contribution in [3.8, 4) is 28.6 Å². The molecule has 0 spiro atoms. The molecule has 33 heavy (non-hydrogen) atoms. The first kappa shape index (κ1) is 23.1. The first-order valence-corrected chi connectivity index (χ1v) is 13.1. The van der Waals surface area contributed by atoms with Crippen molar-refractivity contribution in [1.82, 2.24) is 20.1 Å². The van der Waals surface area contributed by atoms with E-state index < -0.39 is 9.84 Å². The predicted molar refractivity (Wildman–Crippen MR) is 126 cm³/mol. The molecule has 1 saturated heterocycles. The van der Waals surface area contributed by atoms with Gasteiger partial charge in [0.1, 0.15) is 11.5 Å². The van der Waals surface area contributed by atoms with E-state index in [4.69, 9.17) is 9.47 Å². The normalized spacial score (nSPS) is 17.0. The highest BCUT2D eigenvalue weighted by Crippen LogP contribution is 2.33. The number of ether oxygens (including phenoxy) is 2.